The standard InChI is InChI=1S/C17H28N2O2/c1-4-18-16(13-19-10-6-5-7-11-19)15-9-8-14(20-2)12-17(15)21-3/h8-9,12,16,18H,4-7,10-11,13H2,1-3H3. The zero-order valence-corrected chi connectivity index (χ0v) is 13.5. The Morgan fingerprint density at radius 3 is 2.52 bits per heavy atom. The highest BCUT2D eigenvalue weighted by molar-refractivity contribution is 5.42. The van der Waals surface area contributed by atoms with Gasteiger partial charge in [-0.25, -0.2) is 0 Å². The highest BCUT2D eigenvalue weighted by Gasteiger charge is 2.20. The summed E-state index contributed by atoms with van der Waals surface area (Å²) in [6.07, 6.45) is 4.01. The molecule has 21 heavy (non-hydrogen) atoms. The van der Waals surface area contributed by atoms with Crippen molar-refractivity contribution in [2.45, 2.75) is 32.2 Å². The minimum absolute atomic E-state index is 0.300. The molecule has 0 amide bonds. The van der Waals surface area contributed by atoms with Crippen LogP contribution in [0.3, 0.4) is 0 Å². The van der Waals surface area contributed by atoms with Crippen molar-refractivity contribution >= 4 is 0 Å². The number of hydrogen-bond donors (Lipinski definition) is 1. The largest absolute Gasteiger partial charge is 0.497 e. The van der Waals surface area contributed by atoms with E-state index < -0.39 is 0 Å². The summed E-state index contributed by atoms with van der Waals surface area (Å²) in [4.78, 5) is 2.56. The van der Waals surface area contributed by atoms with E-state index in [1.165, 1.54) is 37.9 Å². The molecule has 4 heteroatoms. The van der Waals surface area contributed by atoms with Crippen molar-refractivity contribution in [2.75, 3.05) is 40.4 Å². The van der Waals surface area contributed by atoms with Gasteiger partial charge in [-0.15, -0.1) is 0 Å². The molecule has 1 aromatic carbocycles. The van der Waals surface area contributed by atoms with E-state index in [0.717, 1.165) is 24.6 Å². The smallest absolute Gasteiger partial charge is 0.127 e. The summed E-state index contributed by atoms with van der Waals surface area (Å²) in [6.45, 7) is 6.56. The molecule has 1 atom stereocenters. The molecular formula is C17H28N2O2. The number of likely N-dealkylation sites (tertiary alicyclic amines) is 1. The minimum Gasteiger partial charge on any atom is -0.497 e. The molecule has 1 saturated heterocycles. The van der Waals surface area contributed by atoms with Crippen LogP contribution in [0.4, 0.5) is 0 Å². The number of methoxy groups -OCH3 is 2. The van der Waals surface area contributed by atoms with Gasteiger partial charge in [-0.1, -0.05) is 19.4 Å². The molecule has 4 nitrogen and oxygen atoms in total. The second-order valence-electron chi connectivity index (χ2n) is 5.58. The molecule has 1 N–H and O–H groups in total. The Labute approximate surface area is 128 Å². The van der Waals surface area contributed by atoms with Crippen molar-refractivity contribution in [1.29, 1.82) is 0 Å². The van der Waals surface area contributed by atoms with E-state index in [1.807, 2.05) is 12.1 Å². The van der Waals surface area contributed by atoms with E-state index in [9.17, 15) is 0 Å². The highest BCUT2D eigenvalue weighted by Crippen LogP contribution is 2.30. The van der Waals surface area contributed by atoms with Gasteiger partial charge >= 0.3 is 0 Å². The third-order valence-electron chi connectivity index (χ3n) is 4.16. The Hall–Kier alpha value is -1.26. The van der Waals surface area contributed by atoms with Crippen LogP contribution >= 0.6 is 0 Å². The van der Waals surface area contributed by atoms with Crippen LogP contribution in [0.15, 0.2) is 18.2 Å². The van der Waals surface area contributed by atoms with Crippen LogP contribution < -0.4 is 14.8 Å². The lowest BCUT2D eigenvalue weighted by Gasteiger charge is -2.31. The molecule has 1 fully saturated rings. The van der Waals surface area contributed by atoms with E-state index in [1.54, 1.807) is 14.2 Å². The normalized spacial score (nSPS) is 17.5. The summed E-state index contributed by atoms with van der Waals surface area (Å²) in [5.41, 5.74) is 1.21. The van der Waals surface area contributed by atoms with Crippen molar-refractivity contribution in [3.8, 4) is 11.5 Å². The average molecular weight is 292 g/mol. The van der Waals surface area contributed by atoms with Gasteiger partial charge < -0.3 is 19.7 Å². The first-order chi connectivity index (χ1) is 10.3. The maximum atomic E-state index is 5.57. The second-order valence-corrected chi connectivity index (χ2v) is 5.58. The molecule has 0 aliphatic carbocycles. The molecule has 0 spiro atoms. The third kappa shape index (κ3) is 4.35. The number of ether oxygens (including phenoxy) is 2. The molecule has 1 heterocycles. The van der Waals surface area contributed by atoms with E-state index in [4.69, 9.17) is 9.47 Å². The average Bonchev–Trinajstić information content (AvgIpc) is 2.55. The van der Waals surface area contributed by atoms with E-state index >= 15 is 0 Å². The first-order valence-electron chi connectivity index (χ1n) is 7.96. The summed E-state index contributed by atoms with van der Waals surface area (Å²) in [5, 5.41) is 3.60. The fourth-order valence-electron chi connectivity index (χ4n) is 3.03. The van der Waals surface area contributed by atoms with E-state index in [0.29, 0.717) is 6.04 Å². The lowest BCUT2D eigenvalue weighted by Crippen LogP contribution is -2.38. The van der Waals surface area contributed by atoms with Gasteiger partial charge in [0, 0.05) is 24.2 Å². The van der Waals surface area contributed by atoms with Crippen molar-refractivity contribution in [2.24, 2.45) is 0 Å². The van der Waals surface area contributed by atoms with Crippen LogP contribution in [0.2, 0.25) is 0 Å². The predicted molar refractivity (Wildman–Crippen MR) is 86.3 cm³/mol. The van der Waals surface area contributed by atoms with Crippen molar-refractivity contribution in [3.05, 3.63) is 23.8 Å². The maximum absolute atomic E-state index is 5.57. The monoisotopic (exact) mass is 292 g/mol. The van der Waals surface area contributed by atoms with Gasteiger partial charge in [0.15, 0.2) is 0 Å². The number of likely N-dealkylation sites (N-methyl/N-ethyl adjacent to an activating group) is 1. The first-order valence-corrected chi connectivity index (χ1v) is 7.96. The van der Waals surface area contributed by atoms with Gasteiger partial charge in [0.25, 0.3) is 0 Å². The lowest BCUT2D eigenvalue weighted by atomic mass is 10.0. The van der Waals surface area contributed by atoms with Crippen molar-refractivity contribution in [1.82, 2.24) is 10.2 Å². The summed E-state index contributed by atoms with van der Waals surface area (Å²) in [5.74, 6) is 1.74. The number of hydrogen-bond acceptors (Lipinski definition) is 4. The third-order valence-corrected chi connectivity index (χ3v) is 4.16. The van der Waals surface area contributed by atoms with Gasteiger partial charge in [0.1, 0.15) is 11.5 Å². The van der Waals surface area contributed by atoms with Crippen LogP contribution in [-0.4, -0.2) is 45.3 Å². The number of nitrogens with one attached hydrogen (secondary N) is 1. The second kappa shape index (κ2) is 8.25. The van der Waals surface area contributed by atoms with E-state index in [2.05, 4.69) is 23.2 Å². The SMILES string of the molecule is CCNC(CN1CCCCC1)c1ccc(OC)cc1OC. The molecule has 1 unspecified atom stereocenters. The van der Waals surface area contributed by atoms with Gasteiger partial charge in [0.2, 0.25) is 0 Å². The molecular weight excluding hydrogens is 264 g/mol. The Bertz CT molecular complexity index is 431. The zero-order valence-electron chi connectivity index (χ0n) is 13.5. The molecule has 1 aromatic rings. The maximum Gasteiger partial charge on any atom is 0.127 e. The van der Waals surface area contributed by atoms with Crippen molar-refractivity contribution < 1.29 is 9.47 Å². The Morgan fingerprint density at radius 2 is 1.90 bits per heavy atom. The predicted octanol–water partition coefficient (Wildman–Crippen LogP) is 2.84. The molecule has 0 radical (unpaired) electrons. The number of piperidine rings is 1. The molecule has 1 aliphatic rings. The van der Waals surface area contributed by atoms with Crippen LogP contribution in [0.1, 0.15) is 37.8 Å². The number of nitrogens with zero attached hydrogens (tertiary/aromatic N) is 1. The first kappa shape index (κ1) is 16.1. The molecule has 2 rings (SSSR count). The van der Waals surface area contributed by atoms with Crippen LogP contribution in [-0.2, 0) is 0 Å². The van der Waals surface area contributed by atoms with Crippen LogP contribution in [0.25, 0.3) is 0 Å². The Morgan fingerprint density at radius 1 is 1.14 bits per heavy atom. The number of rotatable bonds is 7. The Balaban J connectivity index is 2.15. The van der Waals surface area contributed by atoms with Crippen LogP contribution in [0.5, 0.6) is 11.5 Å². The molecule has 1 aliphatic heterocycles. The van der Waals surface area contributed by atoms with Gasteiger partial charge in [-0.3, -0.25) is 0 Å². The molecule has 0 saturated carbocycles. The van der Waals surface area contributed by atoms with E-state index in [-0.39, 0.29) is 0 Å². The minimum atomic E-state index is 0.300. The highest BCUT2D eigenvalue weighted by atomic mass is 16.5. The number of benzene rings is 1. The summed E-state index contributed by atoms with van der Waals surface area (Å²) < 4.78 is 10.9. The zero-order chi connectivity index (χ0) is 15.1. The summed E-state index contributed by atoms with van der Waals surface area (Å²) >= 11 is 0. The Kier molecular flexibility index (Phi) is 6.33. The lowest BCUT2D eigenvalue weighted by molar-refractivity contribution is 0.204. The summed E-state index contributed by atoms with van der Waals surface area (Å²) in [7, 11) is 3.41. The fourth-order valence-corrected chi connectivity index (χ4v) is 3.03. The van der Waals surface area contributed by atoms with Crippen LogP contribution in [0, 0.1) is 0 Å². The summed E-state index contributed by atoms with van der Waals surface area (Å²) in [6, 6.07) is 6.40. The van der Waals surface area contributed by atoms with Crippen molar-refractivity contribution in [3.63, 3.8) is 0 Å². The molecule has 0 aromatic heterocycles. The quantitative estimate of drug-likeness (QED) is 0.838. The fraction of sp³-hybridized carbons (Fsp3) is 0.647. The van der Waals surface area contributed by atoms with Gasteiger partial charge in [-0.05, 0) is 38.5 Å². The van der Waals surface area contributed by atoms with Gasteiger partial charge in [-0.2, -0.15) is 0 Å². The molecule has 118 valence electrons. The van der Waals surface area contributed by atoms with Gasteiger partial charge in [0.05, 0.1) is 14.2 Å². The molecule has 0 bridgehead atoms. The topological polar surface area (TPSA) is 33.7 Å².